The molecule has 0 unspecified atom stereocenters. The molecule has 0 atom stereocenters. The second kappa shape index (κ2) is 7.28. The van der Waals surface area contributed by atoms with Crippen molar-refractivity contribution in [1.82, 2.24) is 14.9 Å². The summed E-state index contributed by atoms with van der Waals surface area (Å²) < 4.78 is 15.1. The summed E-state index contributed by atoms with van der Waals surface area (Å²) in [5.41, 5.74) is 6.06. The third kappa shape index (κ3) is 2.94. The molecule has 0 bridgehead atoms. The van der Waals surface area contributed by atoms with Crippen molar-refractivity contribution in [2.75, 3.05) is 38.1 Å². The molecule has 1 aliphatic carbocycles. The second-order valence-corrected chi connectivity index (χ2v) is 8.65. The van der Waals surface area contributed by atoms with Crippen molar-refractivity contribution >= 4 is 22.5 Å². The van der Waals surface area contributed by atoms with Gasteiger partial charge in [-0.05, 0) is 31.6 Å². The van der Waals surface area contributed by atoms with E-state index in [2.05, 4.69) is 21.8 Å². The summed E-state index contributed by atoms with van der Waals surface area (Å²) in [5.74, 6) is 0.431. The lowest BCUT2D eigenvalue weighted by Crippen LogP contribution is -2.29. The highest BCUT2D eigenvalue weighted by Crippen LogP contribution is 2.42. The lowest BCUT2D eigenvalue weighted by atomic mass is 9.99. The largest absolute Gasteiger partial charge is 0.368 e. The molecule has 0 radical (unpaired) electrons. The van der Waals surface area contributed by atoms with Crippen molar-refractivity contribution in [3.63, 3.8) is 0 Å². The standard InChI is InChI=1S/C26H23FN4O/c1-30-10-5-11-31(13-12-30)23-15-22-21(14-20(23)27)28-26(29-22)19-9-4-8-18-24(19)16-6-2-3-7-17(16)25(18)32/h2-4,6-9,14-15H,5,10-13H2,1H3,(H,28,29). The fourth-order valence-electron chi connectivity index (χ4n) is 4.95. The minimum absolute atomic E-state index is 0.0352. The summed E-state index contributed by atoms with van der Waals surface area (Å²) in [6.07, 6.45) is 1.01. The summed E-state index contributed by atoms with van der Waals surface area (Å²) in [5, 5.41) is 0. The van der Waals surface area contributed by atoms with Crippen molar-refractivity contribution in [3.05, 3.63) is 71.5 Å². The number of aromatic amines is 1. The molecule has 160 valence electrons. The molecule has 1 N–H and O–H groups in total. The number of imidazole rings is 1. The molecule has 5 nitrogen and oxygen atoms in total. The maximum Gasteiger partial charge on any atom is 0.194 e. The van der Waals surface area contributed by atoms with Crippen molar-refractivity contribution in [2.45, 2.75) is 6.42 Å². The zero-order valence-electron chi connectivity index (χ0n) is 17.9. The molecule has 0 saturated carbocycles. The predicted octanol–water partition coefficient (Wildman–Crippen LogP) is 4.72. The van der Waals surface area contributed by atoms with Gasteiger partial charge in [0.1, 0.15) is 11.6 Å². The van der Waals surface area contributed by atoms with E-state index in [0.29, 0.717) is 28.2 Å². The molecule has 2 heterocycles. The number of nitrogens with one attached hydrogen (secondary N) is 1. The van der Waals surface area contributed by atoms with Crippen LogP contribution in [0, 0.1) is 5.82 Å². The van der Waals surface area contributed by atoms with E-state index in [1.54, 1.807) is 0 Å². The summed E-state index contributed by atoms with van der Waals surface area (Å²) in [4.78, 5) is 25.4. The third-order valence-electron chi connectivity index (χ3n) is 6.62. The van der Waals surface area contributed by atoms with E-state index in [1.165, 1.54) is 6.07 Å². The van der Waals surface area contributed by atoms with Crippen molar-refractivity contribution in [1.29, 1.82) is 0 Å². The van der Waals surface area contributed by atoms with Crippen LogP contribution in [0.5, 0.6) is 0 Å². The number of nitrogens with zero attached hydrogens (tertiary/aromatic N) is 3. The van der Waals surface area contributed by atoms with Crippen molar-refractivity contribution < 1.29 is 9.18 Å². The lowest BCUT2D eigenvalue weighted by Gasteiger charge is -2.23. The summed E-state index contributed by atoms with van der Waals surface area (Å²) in [7, 11) is 2.10. The van der Waals surface area contributed by atoms with Gasteiger partial charge in [0.15, 0.2) is 5.78 Å². The Bertz CT molecular complexity index is 1380. The normalized spacial score (nSPS) is 16.3. The molecular weight excluding hydrogens is 403 g/mol. The van der Waals surface area contributed by atoms with Gasteiger partial charge in [-0.3, -0.25) is 4.79 Å². The van der Waals surface area contributed by atoms with Crippen molar-refractivity contribution in [2.24, 2.45) is 0 Å². The van der Waals surface area contributed by atoms with Gasteiger partial charge in [0.05, 0.1) is 16.7 Å². The number of hydrogen-bond acceptors (Lipinski definition) is 4. The van der Waals surface area contributed by atoms with Gasteiger partial charge >= 0.3 is 0 Å². The number of carbonyl (C=O) groups excluding carboxylic acids is 1. The lowest BCUT2D eigenvalue weighted by molar-refractivity contribution is 0.104. The number of anilines is 1. The van der Waals surface area contributed by atoms with Crippen LogP contribution in [-0.4, -0.2) is 53.9 Å². The van der Waals surface area contributed by atoms with Crippen LogP contribution in [0.4, 0.5) is 10.1 Å². The Morgan fingerprint density at radius 2 is 1.69 bits per heavy atom. The number of benzene rings is 3. The van der Waals surface area contributed by atoms with Crippen LogP contribution in [0.1, 0.15) is 22.3 Å². The Labute approximate surface area is 185 Å². The van der Waals surface area contributed by atoms with E-state index in [0.717, 1.165) is 54.8 Å². The number of aromatic nitrogens is 2. The van der Waals surface area contributed by atoms with E-state index in [1.807, 2.05) is 48.5 Å². The number of fused-ring (bicyclic) bond motifs is 4. The molecule has 0 spiro atoms. The number of carbonyl (C=O) groups is 1. The molecule has 4 aromatic rings. The molecule has 1 saturated heterocycles. The molecule has 1 aliphatic heterocycles. The molecule has 0 amide bonds. The van der Waals surface area contributed by atoms with Crippen LogP contribution >= 0.6 is 0 Å². The average Bonchev–Trinajstić information content (AvgIpc) is 3.26. The van der Waals surface area contributed by atoms with E-state index in [-0.39, 0.29) is 11.6 Å². The Morgan fingerprint density at radius 1 is 0.906 bits per heavy atom. The number of rotatable bonds is 2. The van der Waals surface area contributed by atoms with Crippen molar-refractivity contribution in [3.8, 4) is 22.5 Å². The van der Waals surface area contributed by atoms with Crippen LogP contribution < -0.4 is 4.90 Å². The topological polar surface area (TPSA) is 52.2 Å². The zero-order chi connectivity index (χ0) is 21.8. The number of likely N-dealkylation sites (N-methyl/N-ethyl adjacent to an activating group) is 1. The van der Waals surface area contributed by atoms with Gasteiger partial charge in [-0.15, -0.1) is 0 Å². The molecule has 6 heteroatoms. The monoisotopic (exact) mass is 426 g/mol. The van der Waals surface area contributed by atoms with Gasteiger partial charge < -0.3 is 14.8 Å². The highest BCUT2D eigenvalue weighted by molar-refractivity contribution is 6.23. The van der Waals surface area contributed by atoms with Crippen LogP contribution in [0.2, 0.25) is 0 Å². The summed E-state index contributed by atoms with van der Waals surface area (Å²) in [6, 6.07) is 16.7. The quantitative estimate of drug-likeness (QED) is 0.444. The van der Waals surface area contributed by atoms with E-state index >= 15 is 4.39 Å². The van der Waals surface area contributed by atoms with Crippen LogP contribution in [0.25, 0.3) is 33.5 Å². The molecule has 6 rings (SSSR count). The van der Waals surface area contributed by atoms with E-state index in [4.69, 9.17) is 4.98 Å². The van der Waals surface area contributed by atoms with Gasteiger partial charge in [0.25, 0.3) is 0 Å². The second-order valence-electron chi connectivity index (χ2n) is 8.65. The number of hydrogen-bond donors (Lipinski definition) is 1. The van der Waals surface area contributed by atoms with Crippen LogP contribution in [-0.2, 0) is 0 Å². The third-order valence-corrected chi connectivity index (χ3v) is 6.62. The van der Waals surface area contributed by atoms with E-state index in [9.17, 15) is 4.79 Å². The summed E-state index contributed by atoms with van der Waals surface area (Å²) >= 11 is 0. The zero-order valence-corrected chi connectivity index (χ0v) is 17.9. The minimum atomic E-state index is -0.251. The summed E-state index contributed by atoms with van der Waals surface area (Å²) in [6.45, 7) is 3.56. The van der Waals surface area contributed by atoms with Gasteiger partial charge in [-0.25, -0.2) is 9.37 Å². The minimum Gasteiger partial charge on any atom is -0.368 e. The Hall–Kier alpha value is -3.51. The number of H-pyrrole nitrogens is 1. The molecular formula is C26H23FN4O. The Balaban J connectivity index is 1.46. The molecule has 1 fully saturated rings. The van der Waals surface area contributed by atoms with Gasteiger partial charge in [-0.1, -0.05) is 42.5 Å². The maximum atomic E-state index is 15.1. The molecule has 32 heavy (non-hydrogen) atoms. The first kappa shape index (κ1) is 19.2. The highest BCUT2D eigenvalue weighted by atomic mass is 19.1. The fraction of sp³-hybridized carbons (Fsp3) is 0.231. The highest BCUT2D eigenvalue weighted by Gasteiger charge is 2.29. The SMILES string of the molecule is CN1CCCN(c2cc3[nH]c(-c4cccc5c4-c4ccccc4C5=O)nc3cc2F)CC1. The van der Waals surface area contributed by atoms with E-state index < -0.39 is 0 Å². The van der Waals surface area contributed by atoms with Gasteiger partial charge in [-0.2, -0.15) is 0 Å². The van der Waals surface area contributed by atoms with Crippen LogP contribution in [0.3, 0.4) is 0 Å². The van der Waals surface area contributed by atoms with Gasteiger partial charge in [0.2, 0.25) is 0 Å². The van der Waals surface area contributed by atoms with Gasteiger partial charge in [0, 0.05) is 48.0 Å². The molecule has 1 aromatic heterocycles. The number of halogens is 1. The Kier molecular flexibility index (Phi) is 4.36. The number of ketones is 1. The first-order valence-corrected chi connectivity index (χ1v) is 11.0. The Morgan fingerprint density at radius 3 is 2.56 bits per heavy atom. The molecule has 3 aromatic carbocycles. The first-order chi connectivity index (χ1) is 15.6. The maximum absolute atomic E-state index is 15.1. The first-order valence-electron chi connectivity index (χ1n) is 11.0. The predicted molar refractivity (Wildman–Crippen MR) is 125 cm³/mol. The van der Waals surface area contributed by atoms with Crippen LogP contribution in [0.15, 0.2) is 54.6 Å². The smallest absolute Gasteiger partial charge is 0.194 e. The average molecular weight is 426 g/mol. The fourth-order valence-corrected chi connectivity index (χ4v) is 4.95. The molecule has 2 aliphatic rings.